The van der Waals surface area contributed by atoms with Crippen LogP contribution in [0.25, 0.3) is 0 Å². The van der Waals surface area contributed by atoms with Crippen LogP contribution in [0.5, 0.6) is 0 Å². The average molecular weight is 533 g/mol. The van der Waals surface area contributed by atoms with Crippen LogP contribution in [0.2, 0.25) is 0 Å². The van der Waals surface area contributed by atoms with Gasteiger partial charge in [-0.15, -0.1) is 0 Å². The molecule has 0 aromatic rings. The molecule has 5 rings (SSSR count). The predicted molar refractivity (Wildman–Crippen MR) is 142 cm³/mol. The van der Waals surface area contributed by atoms with Crippen molar-refractivity contribution in [3.05, 3.63) is 11.1 Å². The molecule has 38 heavy (non-hydrogen) atoms. The molecule has 3 N–H and O–H groups in total. The van der Waals surface area contributed by atoms with Crippen LogP contribution < -0.4 is 0 Å². The highest BCUT2D eigenvalue weighted by Crippen LogP contribution is 2.74. The van der Waals surface area contributed by atoms with Gasteiger partial charge in [0.2, 0.25) is 0 Å². The molecule has 1 saturated heterocycles. The van der Waals surface area contributed by atoms with Gasteiger partial charge in [0, 0.05) is 12.5 Å². The van der Waals surface area contributed by atoms with Crippen molar-refractivity contribution in [3.63, 3.8) is 0 Å². The summed E-state index contributed by atoms with van der Waals surface area (Å²) in [7, 11) is 0. The molecule has 4 aliphatic carbocycles. The van der Waals surface area contributed by atoms with Gasteiger partial charge in [-0.3, -0.25) is 4.79 Å². The topological polar surface area (TPSA) is 113 Å². The summed E-state index contributed by atoms with van der Waals surface area (Å²) in [6.07, 6.45) is 3.74. The van der Waals surface area contributed by atoms with Crippen LogP contribution in [0.1, 0.15) is 99.8 Å². The Hall–Kier alpha value is -1.44. The fraction of sp³-hybridized carbons (Fsp3) is 0.871. The summed E-state index contributed by atoms with van der Waals surface area (Å²) >= 11 is 0. The maximum atomic E-state index is 13.4. The first-order chi connectivity index (χ1) is 17.5. The van der Waals surface area contributed by atoms with E-state index < -0.39 is 29.9 Å². The van der Waals surface area contributed by atoms with Crippen molar-refractivity contribution in [2.75, 3.05) is 0 Å². The smallest absolute Gasteiger partial charge is 0.334 e. The number of carbonyl (C=O) groups excluding carboxylic acids is 2. The van der Waals surface area contributed by atoms with E-state index in [1.54, 1.807) is 13.8 Å². The molecule has 7 nitrogen and oxygen atoms in total. The van der Waals surface area contributed by atoms with E-state index >= 15 is 0 Å². The maximum Gasteiger partial charge on any atom is 0.334 e. The highest BCUT2D eigenvalue weighted by molar-refractivity contribution is 5.91. The van der Waals surface area contributed by atoms with Crippen LogP contribution in [-0.4, -0.2) is 57.3 Å². The first kappa shape index (κ1) is 28.1. The SMILES string of the molecule is CC(=O)O[C@H]1C[C@@]2(C)[C@@H](C[C@@H](O)[C@H]3[C@@]4(C)CC[C@@H](O)[C@@H](C)[C@@H]4CC[C@@]32C)/C1=C1/CC[C@H](C(C)(C)O)OC1=O. The van der Waals surface area contributed by atoms with Gasteiger partial charge in [-0.25, -0.2) is 4.79 Å². The lowest BCUT2D eigenvalue weighted by molar-refractivity contribution is -0.234. The fourth-order valence-electron chi connectivity index (χ4n) is 10.3. The molecule has 214 valence electrons. The van der Waals surface area contributed by atoms with Gasteiger partial charge in [0.25, 0.3) is 0 Å². The van der Waals surface area contributed by atoms with Crippen molar-refractivity contribution in [1.29, 1.82) is 0 Å². The lowest BCUT2D eigenvalue weighted by Gasteiger charge is -2.69. The first-order valence-electron chi connectivity index (χ1n) is 14.7. The van der Waals surface area contributed by atoms with Gasteiger partial charge in [0.1, 0.15) is 12.2 Å². The third-order valence-electron chi connectivity index (χ3n) is 12.3. The van der Waals surface area contributed by atoms with Crippen molar-refractivity contribution in [1.82, 2.24) is 0 Å². The predicted octanol–water partition coefficient (Wildman–Crippen LogP) is 4.31. The van der Waals surface area contributed by atoms with Crippen LogP contribution in [0, 0.1) is 39.9 Å². The van der Waals surface area contributed by atoms with Gasteiger partial charge >= 0.3 is 11.9 Å². The van der Waals surface area contributed by atoms with Crippen LogP contribution in [0.4, 0.5) is 0 Å². The summed E-state index contributed by atoms with van der Waals surface area (Å²) in [5.74, 6) is -0.294. The number of aliphatic hydroxyl groups is 3. The Morgan fingerprint density at radius 3 is 2.34 bits per heavy atom. The Balaban J connectivity index is 1.57. The minimum Gasteiger partial charge on any atom is -0.458 e. The number of fused-ring (bicyclic) bond motifs is 5. The molecule has 1 heterocycles. The maximum absolute atomic E-state index is 13.4. The summed E-state index contributed by atoms with van der Waals surface area (Å²) in [6, 6.07) is 0. The summed E-state index contributed by atoms with van der Waals surface area (Å²) in [5.41, 5.74) is -0.326. The lowest BCUT2D eigenvalue weighted by Crippen LogP contribution is -2.65. The molecule has 5 aliphatic rings. The van der Waals surface area contributed by atoms with E-state index in [0.29, 0.717) is 37.2 Å². The molecule has 7 heteroatoms. The van der Waals surface area contributed by atoms with Crippen molar-refractivity contribution in [2.45, 2.75) is 130 Å². The quantitative estimate of drug-likeness (QED) is 0.359. The monoisotopic (exact) mass is 532 g/mol. The number of cyclic esters (lactones) is 1. The highest BCUT2D eigenvalue weighted by atomic mass is 16.6. The largest absolute Gasteiger partial charge is 0.458 e. The second kappa shape index (κ2) is 9.04. The molecule has 0 radical (unpaired) electrons. The van der Waals surface area contributed by atoms with Gasteiger partial charge in [0.15, 0.2) is 0 Å². The van der Waals surface area contributed by atoms with Crippen LogP contribution in [0.3, 0.4) is 0 Å². The van der Waals surface area contributed by atoms with Crippen molar-refractivity contribution in [2.24, 2.45) is 39.9 Å². The van der Waals surface area contributed by atoms with E-state index in [0.717, 1.165) is 31.3 Å². The zero-order chi connectivity index (χ0) is 28.0. The highest BCUT2D eigenvalue weighted by Gasteiger charge is 2.71. The molecule has 0 bridgehead atoms. The molecule has 0 amide bonds. The zero-order valence-electron chi connectivity index (χ0n) is 24.3. The lowest BCUT2D eigenvalue weighted by atomic mass is 9.36. The Bertz CT molecular complexity index is 1030. The molecule has 5 fully saturated rings. The number of hydrogen-bond donors (Lipinski definition) is 3. The van der Waals surface area contributed by atoms with Crippen LogP contribution in [0.15, 0.2) is 11.1 Å². The van der Waals surface area contributed by atoms with Gasteiger partial charge in [-0.1, -0.05) is 27.7 Å². The molecule has 1 aliphatic heterocycles. The third-order valence-corrected chi connectivity index (χ3v) is 12.3. The summed E-state index contributed by atoms with van der Waals surface area (Å²) in [6.45, 7) is 13.8. The minimum absolute atomic E-state index is 0.0603. The molecule has 0 aromatic heterocycles. The van der Waals surface area contributed by atoms with Crippen LogP contribution >= 0.6 is 0 Å². The van der Waals surface area contributed by atoms with Crippen LogP contribution in [-0.2, 0) is 19.1 Å². The Labute approximate surface area is 227 Å². The van der Waals surface area contributed by atoms with Crippen molar-refractivity contribution < 1.29 is 34.4 Å². The van der Waals surface area contributed by atoms with Crippen molar-refractivity contribution >= 4 is 11.9 Å². The molecule has 0 aromatic carbocycles. The Kier molecular flexibility index (Phi) is 6.68. The number of carbonyl (C=O) groups is 2. The first-order valence-corrected chi connectivity index (χ1v) is 14.7. The molecular weight excluding hydrogens is 484 g/mol. The molecule has 0 spiro atoms. The number of hydrogen-bond acceptors (Lipinski definition) is 7. The van der Waals surface area contributed by atoms with E-state index in [1.807, 2.05) is 0 Å². The average Bonchev–Trinajstić information content (AvgIpc) is 3.07. The Morgan fingerprint density at radius 2 is 1.74 bits per heavy atom. The normalized spacial score (nSPS) is 50.9. The molecule has 4 saturated carbocycles. The van der Waals surface area contributed by atoms with Gasteiger partial charge < -0.3 is 24.8 Å². The second-order valence-electron chi connectivity index (χ2n) is 14.6. The number of ether oxygens (including phenoxy) is 2. The fourth-order valence-corrected chi connectivity index (χ4v) is 10.3. The van der Waals surface area contributed by atoms with E-state index in [4.69, 9.17) is 9.47 Å². The standard InChI is InChI=1S/C31H48O7/c1-16-19-10-13-30(6)26(29(19,5)12-11-21(16)33)22(34)14-20-25(23(37-17(2)32)15-31(20,30)7)18-8-9-24(28(3,4)36)38-27(18)35/h16,19-24,26,33-34,36H,8-15H2,1-7H3/b25-18+/t16-,19-,20-,21+,22+,23-,24+,26-,29-,30-,31-/m0/s1. The number of aliphatic hydroxyl groups excluding tert-OH is 2. The third kappa shape index (κ3) is 3.93. The molecular formula is C31H48O7. The molecule has 0 unspecified atom stereocenters. The van der Waals surface area contributed by atoms with E-state index in [9.17, 15) is 24.9 Å². The molecule has 11 atom stereocenters. The van der Waals surface area contributed by atoms with E-state index in [2.05, 4.69) is 27.7 Å². The summed E-state index contributed by atoms with van der Waals surface area (Å²) in [5, 5.41) is 33.1. The number of esters is 2. The van der Waals surface area contributed by atoms with Crippen molar-refractivity contribution in [3.8, 4) is 0 Å². The number of rotatable bonds is 2. The minimum atomic E-state index is -1.13. The second-order valence-corrected chi connectivity index (χ2v) is 14.6. The zero-order valence-corrected chi connectivity index (χ0v) is 24.3. The van der Waals surface area contributed by atoms with E-state index in [1.165, 1.54) is 6.92 Å². The Morgan fingerprint density at radius 1 is 1.05 bits per heavy atom. The van der Waals surface area contributed by atoms with Gasteiger partial charge in [-0.05, 0) is 111 Å². The summed E-state index contributed by atoms with van der Waals surface area (Å²) in [4.78, 5) is 25.6. The van der Waals surface area contributed by atoms with E-state index in [-0.39, 0.29) is 46.1 Å². The van der Waals surface area contributed by atoms with Gasteiger partial charge in [0.05, 0.1) is 17.8 Å². The van der Waals surface area contributed by atoms with Gasteiger partial charge in [-0.2, -0.15) is 0 Å². The summed E-state index contributed by atoms with van der Waals surface area (Å²) < 4.78 is 11.7.